The molecule has 2 heterocycles. The van der Waals surface area contributed by atoms with E-state index in [9.17, 15) is 8.42 Å². The zero-order chi connectivity index (χ0) is 16.7. The SMILES string of the molecule is CCC(C)(C)c1ccc(S(=O)(=O)NC2CC3CCC(C2)N3)cc1.Cl. The number of nitrogens with one attached hydrogen (secondary N) is 2. The molecule has 0 aromatic heterocycles. The molecule has 0 aliphatic carbocycles. The van der Waals surface area contributed by atoms with E-state index >= 15 is 0 Å². The predicted octanol–water partition coefficient (Wildman–Crippen LogP) is 3.36. The average molecular weight is 373 g/mol. The molecule has 2 saturated heterocycles. The van der Waals surface area contributed by atoms with Crippen LogP contribution in [0.5, 0.6) is 0 Å². The fourth-order valence-electron chi connectivity index (χ4n) is 3.73. The summed E-state index contributed by atoms with van der Waals surface area (Å²) in [5.74, 6) is 0. The molecule has 2 fully saturated rings. The Morgan fingerprint density at radius 2 is 1.67 bits per heavy atom. The Morgan fingerprint density at radius 3 is 2.17 bits per heavy atom. The minimum atomic E-state index is -3.43. The summed E-state index contributed by atoms with van der Waals surface area (Å²) < 4.78 is 28.2. The zero-order valence-electron chi connectivity index (χ0n) is 14.7. The second kappa shape index (κ2) is 7.32. The Morgan fingerprint density at radius 1 is 1.12 bits per heavy atom. The first-order chi connectivity index (χ1) is 10.8. The number of sulfonamides is 1. The van der Waals surface area contributed by atoms with Gasteiger partial charge < -0.3 is 5.32 Å². The van der Waals surface area contributed by atoms with E-state index in [1.807, 2.05) is 12.1 Å². The molecule has 2 aliphatic heterocycles. The fourth-order valence-corrected chi connectivity index (χ4v) is 4.99. The van der Waals surface area contributed by atoms with Crippen LogP contribution in [-0.2, 0) is 15.4 Å². The minimum absolute atomic E-state index is 0. The van der Waals surface area contributed by atoms with E-state index in [-0.39, 0.29) is 23.9 Å². The van der Waals surface area contributed by atoms with Crippen LogP contribution >= 0.6 is 12.4 Å². The molecule has 136 valence electrons. The second-order valence-electron chi connectivity index (χ2n) is 7.69. The molecule has 2 bridgehead atoms. The van der Waals surface area contributed by atoms with E-state index in [2.05, 4.69) is 30.8 Å². The lowest BCUT2D eigenvalue weighted by Gasteiger charge is -2.29. The van der Waals surface area contributed by atoms with Gasteiger partial charge in [-0.25, -0.2) is 13.1 Å². The van der Waals surface area contributed by atoms with Gasteiger partial charge in [0.15, 0.2) is 0 Å². The summed E-state index contributed by atoms with van der Waals surface area (Å²) in [6, 6.07) is 8.40. The molecule has 1 aromatic carbocycles. The van der Waals surface area contributed by atoms with Crippen molar-refractivity contribution in [2.75, 3.05) is 0 Å². The number of piperidine rings is 1. The van der Waals surface area contributed by atoms with Gasteiger partial charge in [-0.3, -0.25) is 0 Å². The molecule has 0 saturated carbocycles. The van der Waals surface area contributed by atoms with Gasteiger partial charge in [0.05, 0.1) is 4.90 Å². The number of rotatable bonds is 5. The lowest BCUT2D eigenvalue weighted by molar-refractivity contribution is 0.345. The smallest absolute Gasteiger partial charge is 0.240 e. The zero-order valence-corrected chi connectivity index (χ0v) is 16.3. The lowest BCUT2D eigenvalue weighted by atomic mass is 9.82. The molecular weight excluding hydrogens is 344 g/mol. The highest BCUT2D eigenvalue weighted by Crippen LogP contribution is 2.29. The highest BCUT2D eigenvalue weighted by molar-refractivity contribution is 7.89. The first kappa shape index (κ1) is 19.7. The van der Waals surface area contributed by atoms with Crippen molar-refractivity contribution in [2.45, 2.75) is 81.3 Å². The Kier molecular flexibility index (Phi) is 6.01. The van der Waals surface area contributed by atoms with Crippen LogP contribution in [0.15, 0.2) is 29.2 Å². The van der Waals surface area contributed by atoms with E-state index in [4.69, 9.17) is 0 Å². The monoisotopic (exact) mass is 372 g/mol. The maximum atomic E-state index is 12.6. The largest absolute Gasteiger partial charge is 0.311 e. The molecule has 6 heteroatoms. The highest BCUT2D eigenvalue weighted by atomic mass is 35.5. The van der Waals surface area contributed by atoms with Crippen LogP contribution in [0, 0.1) is 0 Å². The van der Waals surface area contributed by atoms with E-state index < -0.39 is 10.0 Å². The van der Waals surface area contributed by atoms with E-state index in [1.54, 1.807) is 12.1 Å². The van der Waals surface area contributed by atoms with Crippen molar-refractivity contribution in [2.24, 2.45) is 0 Å². The normalized spacial score (nSPS) is 26.9. The standard InChI is InChI=1S/C18H28N2O2S.ClH/c1-4-18(2,3)13-5-9-17(10-6-13)23(21,22)20-16-11-14-7-8-15(12-16)19-14;/h5-6,9-10,14-16,19-20H,4,7-8,11-12H2,1-3H3;1H. The Balaban J connectivity index is 0.00000208. The van der Waals surface area contributed by atoms with Crippen LogP contribution < -0.4 is 10.0 Å². The van der Waals surface area contributed by atoms with Gasteiger partial charge in [0.2, 0.25) is 10.0 Å². The van der Waals surface area contributed by atoms with Gasteiger partial charge in [-0.05, 0) is 55.2 Å². The van der Waals surface area contributed by atoms with Crippen molar-refractivity contribution in [3.63, 3.8) is 0 Å². The van der Waals surface area contributed by atoms with Gasteiger partial charge in [-0.1, -0.05) is 32.9 Å². The summed E-state index contributed by atoms with van der Waals surface area (Å²) in [6.45, 7) is 6.51. The molecule has 2 N–H and O–H groups in total. The molecule has 4 nitrogen and oxygen atoms in total. The van der Waals surface area contributed by atoms with Crippen molar-refractivity contribution >= 4 is 22.4 Å². The molecular formula is C18H29ClN2O2S. The van der Waals surface area contributed by atoms with Crippen molar-refractivity contribution in [1.29, 1.82) is 0 Å². The van der Waals surface area contributed by atoms with Crippen molar-refractivity contribution in [1.82, 2.24) is 10.0 Å². The van der Waals surface area contributed by atoms with Gasteiger partial charge in [0.25, 0.3) is 0 Å². The predicted molar refractivity (Wildman–Crippen MR) is 100 cm³/mol. The number of benzene rings is 1. The summed E-state index contributed by atoms with van der Waals surface area (Å²) in [6.07, 6.45) is 5.16. The fraction of sp³-hybridized carbons (Fsp3) is 0.667. The number of hydrogen-bond donors (Lipinski definition) is 2. The summed E-state index contributed by atoms with van der Waals surface area (Å²) in [5, 5.41) is 3.54. The summed E-state index contributed by atoms with van der Waals surface area (Å²) >= 11 is 0. The van der Waals surface area contributed by atoms with Crippen LogP contribution in [-0.4, -0.2) is 26.5 Å². The molecule has 0 radical (unpaired) electrons. The van der Waals surface area contributed by atoms with Gasteiger partial charge in [-0.2, -0.15) is 0 Å². The van der Waals surface area contributed by atoms with E-state index in [0.29, 0.717) is 17.0 Å². The minimum Gasteiger partial charge on any atom is -0.311 e. The molecule has 1 aromatic rings. The molecule has 0 amide bonds. The molecule has 2 atom stereocenters. The van der Waals surface area contributed by atoms with Gasteiger partial charge in [-0.15, -0.1) is 12.4 Å². The lowest BCUT2D eigenvalue weighted by Crippen LogP contribution is -2.47. The summed E-state index contributed by atoms with van der Waals surface area (Å²) in [7, 11) is -3.43. The Hall–Kier alpha value is -0.620. The third-order valence-electron chi connectivity index (χ3n) is 5.62. The van der Waals surface area contributed by atoms with Gasteiger partial charge in [0.1, 0.15) is 0 Å². The van der Waals surface area contributed by atoms with Crippen LogP contribution in [0.4, 0.5) is 0 Å². The first-order valence-corrected chi connectivity index (χ1v) is 10.2. The quantitative estimate of drug-likeness (QED) is 0.833. The summed E-state index contributed by atoms with van der Waals surface area (Å²) in [5.41, 5.74) is 1.25. The van der Waals surface area contributed by atoms with Gasteiger partial charge in [0, 0.05) is 18.1 Å². The van der Waals surface area contributed by atoms with Gasteiger partial charge >= 0.3 is 0 Å². The third-order valence-corrected chi connectivity index (χ3v) is 7.16. The molecule has 3 rings (SSSR count). The third kappa shape index (κ3) is 4.13. The first-order valence-electron chi connectivity index (χ1n) is 8.69. The van der Waals surface area contributed by atoms with Crippen molar-refractivity contribution < 1.29 is 8.42 Å². The average Bonchev–Trinajstić information content (AvgIpc) is 2.86. The Bertz CT molecular complexity index is 646. The number of hydrogen-bond acceptors (Lipinski definition) is 3. The van der Waals surface area contributed by atoms with Crippen molar-refractivity contribution in [3.05, 3.63) is 29.8 Å². The highest BCUT2D eigenvalue weighted by Gasteiger charge is 2.35. The van der Waals surface area contributed by atoms with Crippen LogP contribution in [0.2, 0.25) is 0 Å². The maximum Gasteiger partial charge on any atom is 0.240 e. The molecule has 2 aliphatic rings. The van der Waals surface area contributed by atoms with Crippen LogP contribution in [0.25, 0.3) is 0 Å². The van der Waals surface area contributed by atoms with Crippen LogP contribution in [0.3, 0.4) is 0 Å². The molecule has 2 unspecified atom stereocenters. The molecule has 0 spiro atoms. The summed E-state index contributed by atoms with van der Waals surface area (Å²) in [4.78, 5) is 0.374. The Labute approximate surface area is 152 Å². The number of fused-ring (bicyclic) bond motifs is 2. The van der Waals surface area contributed by atoms with Crippen molar-refractivity contribution in [3.8, 4) is 0 Å². The van der Waals surface area contributed by atoms with E-state index in [1.165, 1.54) is 18.4 Å². The topological polar surface area (TPSA) is 58.2 Å². The van der Waals surface area contributed by atoms with Crippen LogP contribution in [0.1, 0.15) is 58.4 Å². The van der Waals surface area contributed by atoms with E-state index in [0.717, 1.165) is 19.3 Å². The second-order valence-corrected chi connectivity index (χ2v) is 9.40. The maximum absolute atomic E-state index is 12.6. The number of halogens is 1. The molecule has 24 heavy (non-hydrogen) atoms.